The van der Waals surface area contributed by atoms with Gasteiger partial charge in [0.05, 0.1) is 9.85 Å². The van der Waals surface area contributed by atoms with E-state index in [1.807, 2.05) is 0 Å². The third-order valence-corrected chi connectivity index (χ3v) is 5.23. The second kappa shape index (κ2) is 8.43. The fourth-order valence-electron chi connectivity index (χ4n) is 3.55. The summed E-state index contributed by atoms with van der Waals surface area (Å²) in [6.07, 6.45) is 7.47. The summed E-state index contributed by atoms with van der Waals surface area (Å²) in [5.41, 5.74) is -0.537. The molecule has 0 saturated heterocycles. The maximum absolute atomic E-state index is 12.7. The Morgan fingerprint density at radius 1 is 0.765 bits per heavy atom. The van der Waals surface area contributed by atoms with Crippen LogP contribution in [0, 0.1) is 20.2 Å². The minimum absolute atomic E-state index is 0.0512. The van der Waals surface area contributed by atoms with Crippen molar-refractivity contribution >= 4 is 22.8 Å². The maximum atomic E-state index is 12.7. The van der Waals surface area contributed by atoms with E-state index in [4.69, 9.17) is 0 Å². The predicted octanol–water partition coefficient (Wildman–Crippen LogP) is 3.79. The molecule has 4 rings (SSSR count). The van der Waals surface area contributed by atoms with E-state index in [0.717, 1.165) is 12.1 Å². The summed E-state index contributed by atoms with van der Waals surface area (Å²) in [6.45, 7) is 0. The van der Waals surface area contributed by atoms with E-state index in [9.17, 15) is 40.0 Å². The van der Waals surface area contributed by atoms with Crippen molar-refractivity contribution in [1.82, 2.24) is 0 Å². The molecule has 10 nitrogen and oxygen atoms in total. The molecule has 0 spiro atoms. The summed E-state index contributed by atoms with van der Waals surface area (Å²) in [6, 6.07) is 7.99. The summed E-state index contributed by atoms with van der Waals surface area (Å²) in [5, 5.41) is 43.2. The number of hydrogen-bond donors (Lipinski definition) is 2. The molecule has 2 aromatic rings. The molecule has 0 unspecified atom stereocenters. The average Bonchev–Trinajstić information content (AvgIpc) is 2.80. The number of phenolic OH excluding ortho intramolecular Hbond substituents is 2. The number of benzene rings is 2. The second-order valence-corrected chi connectivity index (χ2v) is 7.35. The van der Waals surface area contributed by atoms with Gasteiger partial charge in [0.2, 0.25) is 5.75 Å². The predicted molar refractivity (Wildman–Crippen MR) is 120 cm³/mol. The van der Waals surface area contributed by atoms with Crippen LogP contribution in [0.25, 0.3) is 16.7 Å². The Morgan fingerprint density at radius 3 is 2.00 bits per heavy atom. The van der Waals surface area contributed by atoms with Crippen LogP contribution < -0.4 is 0 Å². The van der Waals surface area contributed by atoms with Gasteiger partial charge in [0.25, 0.3) is 5.78 Å². The summed E-state index contributed by atoms with van der Waals surface area (Å²) >= 11 is 0. The Balaban J connectivity index is 1.97. The van der Waals surface area contributed by atoms with Gasteiger partial charge in [-0.1, -0.05) is 24.3 Å². The van der Waals surface area contributed by atoms with Gasteiger partial charge in [0.1, 0.15) is 5.75 Å². The van der Waals surface area contributed by atoms with Crippen LogP contribution >= 0.6 is 0 Å². The number of nitro groups is 2. The molecule has 0 aromatic heterocycles. The van der Waals surface area contributed by atoms with Crippen molar-refractivity contribution < 1.29 is 29.6 Å². The molecule has 0 saturated carbocycles. The van der Waals surface area contributed by atoms with Gasteiger partial charge in [-0.3, -0.25) is 29.8 Å². The normalized spacial score (nSPS) is 15.3. The van der Waals surface area contributed by atoms with Gasteiger partial charge in [0.15, 0.2) is 5.78 Å². The van der Waals surface area contributed by atoms with Gasteiger partial charge in [-0.05, 0) is 58.7 Å². The van der Waals surface area contributed by atoms with Gasteiger partial charge in [-0.25, -0.2) is 0 Å². The number of phenols is 2. The smallest absolute Gasteiger partial charge is 0.317 e. The van der Waals surface area contributed by atoms with E-state index in [1.54, 1.807) is 0 Å². The zero-order valence-corrected chi connectivity index (χ0v) is 17.2. The van der Waals surface area contributed by atoms with E-state index < -0.39 is 32.8 Å². The van der Waals surface area contributed by atoms with Crippen LogP contribution in [0.3, 0.4) is 0 Å². The molecule has 2 aromatic carbocycles. The number of allylic oxidation sites excluding steroid dienone is 9. The highest BCUT2D eigenvalue weighted by molar-refractivity contribution is 6.15. The first-order chi connectivity index (χ1) is 16.2. The molecule has 0 heterocycles. The molecule has 0 amide bonds. The van der Waals surface area contributed by atoms with Crippen molar-refractivity contribution in [1.29, 1.82) is 0 Å². The highest BCUT2D eigenvalue weighted by atomic mass is 16.6. The number of aromatic hydroxyl groups is 2. The quantitative estimate of drug-likeness (QED) is 0.397. The first-order valence-corrected chi connectivity index (χ1v) is 9.74. The number of nitro benzene ring substituents is 1. The zero-order chi connectivity index (χ0) is 24.6. The van der Waals surface area contributed by atoms with E-state index in [2.05, 4.69) is 0 Å². The third-order valence-electron chi connectivity index (χ3n) is 5.23. The number of ketones is 2. The van der Waals surface area contributed by atoms with Gasteiger partial charge in [-0.2, -0.15) is 0 Å². The minimum atomic E-state index is -0.876. The van der Waals surface area contributed by atoms with Crippen molar-refractivity contribution in [3.05, 3.63) is 115 Å². The minimum Gasteiger partial charge on any atom is -0.508 e. The molecule has 0 bridgehead atoms. The lowest BCUT2D eigenvalue weighted by Crippen LogP contribution is -2.18. The molecule has 2 N–H and O–H groups in total. The van der Waals surface area contributed by atoms with Crippen LogP contribution in [-0.2, 0) is 9.59 Å². The number of Topliss-reactive ketones (excluding diaryl/α,β-unsaturated/α-hetero) is 1. The van der Waals surface area contributed by atoms with Gasteiger partial charge < -0.3 is 10.2 Å². The van der Waals surface area contributed by atoms with Crippen LogP contribution in [0.15, 0.2) is 89.7 Å². The van der Waals surface area contributed by atoms with Crippen molar-refractivity contribution in [2.24, 2.45) is 0 Å². The van der Waals surface area contributed by atoms with E-state index in [-0.39, 0.29) is 39.4 Å². The molecule has 0 fully saturated rings. The summed E-state index contributed by atoms with van der Waals surface area (Å²) in [4.78, 5) is 45.7. The fourth-order valence-corrected chi connectivity index (χ4v) is 3.55. The Kier molecular flexibility index (Phi) is 5.48. The SMILES string of the molecule is O=C1C=CC(=C2C=C(c3cc(-c4ccc(O)cc4)c(O)c([N+](=O)[O-])c3)C=C([N+](=O)[O-])C2=O)C=C1. The monoisotopic (exact) mass is 458 g/mol. The Hall–Kier alpha value is -5.12. The van der Waals surface area contributed by atoms with Gasteiger partial charge in [-0.15, -0.1) is 0 Å². The molecule has 2 aliphatic rings. The number of carbonyl (C=O) groups is 2. The number of hydrogen-bond acceptors (Lipinski definition) is 8. The summed E-state index contributed by atoms with van der Waals surface area (Å²) in [5.74, 6) is -1.86. The largest absolute Gasteiger partial charge is 0.508 e. The number of nitrogens with zero attached hydrogens (tertiary/aromatic N) is 2. The van der Waals surface area contributed by atoms with Crippen molar-refractivity contribution in [3.63, 3.8) is 0 Å². The number of carbonyl (C=O) groups excluding carboxylic acids is 2. The Labute approximate surface area is 191 Å². The molecule has 0 atom stereocenters. The zero-order valence-electron chi connectivity index (χ0n) is 17.2. The Morgan fingerprint density at radius 2 is 1.41 bits per heavy atom. The molecule has 34 heavy (non-hydrogen) atoms. The van der Waals surface area contributed by atoms with Crippen LogP contribution in [0.5, 0.6) is 11.5 Å². The fraction of sp³-hybridized carbons (Fsp3) is 0. The maximum Gasteiger partial charge on any atom is 0.317 e. The first-order valence-electron chi connectivity index (χ1n) is 9.74. The lowest BCUT2D eigenvalue weighted by molar-refractivity contribution is -0.418. The highest BCUT2D eigenvalue weighted by Crippen LogP contribution is 2.41. The lowest BCUT2D eigenvalue weighted by atomic mass is 9.88. The van der Waals surface area contributed by atoms with Crippen LogP contribution in [0.1, 0.15) is 5.56 Å². The Bertz CT molecular complexity index is 1420. The molecule has 10 heteroatoms. The van der Waals surface area contributed by atoms with Gasteiger partial charge >= 0.3 is 11.4 Å². The molecule has 168 valence electrons. The summed E-state index contributed by atoms with van der Waals surface area (Å²) in [7, 11) is 0. The first kappa shape index (κ1) is 22.1. The molecular weight excluding hydrogens is 444 g/mol. The molecule has 2 aliphatic carbocycles. The van der Waals surface area contributed by atoms with Crippen molar-refractivity contribution in [2.45, 2.75) is 0 Å². The van der Waals surface area contributed by atoms with Crippen LogP contribution in [0.4, 0.5) is 5.69 Å². The van der Waals surface area contributed by atoms with E-state index in [1.165, 1.54) is 60.7 Å². The third kappa shape index (κ3) is 4.02. The van der Waals surface area contributed by atoms with Crippen LogP contribution in [0.2, 0.25) is 0 Å². The topological polar surface area (TPSA) is 161 Å². The second-order valence-electron chi connectivity index (χ2n) is 7.35. The van der Waals surface area contributed by atoms with Crippen molar-refractivity contribution in [2.75, 3.05) is 0 Å². The molecule has 0 aliphatic heterocycles. The average molecular weight is 458 g/mol. The number of rotatable bonds is 4. The van der Waals surface area contributed by atoms with E-state index in [0.29, 0.717) is 5.56 Å². The van der Waals surface area contributed by atoms with Crippen LogP contribution in [-0.4, -0.2) is 31.6 Å². The summed E-state index contributed by atoms with van der Waals surface area (Å²) < 4.78 is 0. The van der Waals surface area contributed by atoms with Crippen molar-refractivity contribution in [3.8, 4) is 22.6 Å². The van der Waals surface area contributed by atoms with Gasteiger partial charge in [0, 0.05) is 23.3 Å². The molecule has 0 radical (unpaired) electrons. The van der Waals surface area contributed by atoms with E-state index >= 15 is 0 Å². The molecular formula is C24H14N2O8. The highest BCUT2D eigenvalue weighted by Gasteiger charge is 2.32. The lowest BCUT2D eigenvalue weighted by Gasteiger charge is -2.15. The standard InChI is InChI=1S/C24H14N2O8/c27-17-5-1-13(2-6-17)19-9-15(11-21(23(19)29)25(31)32)16-10-20(14-3-7-18(28)8-4-14)24(30)22(12-16)26(33)34/h1-12,27,29H.